The van der Waals surface area contributed by atoms with E-state index in [1.807, 2.05) is 6.08 Å². The van der Waals surface area contributed by atoms with Crippen LogP contribution < -0.4 is 10.1 Å². The van der Waals surface area contributed by atoms with Crippen molar-refractivity contribution in [3.05, 3.63) is 33.7 Å². The van der Waals surface area contributed by atoms with E-state index in [1.165, 1.54) is 17.3 Å². The molecule has 0 saturated carbocycles. The molecule has 0 spiro atoms. The van der Waals surface area contributed by atoms with Gasteiger partial charge in [0.05, 0.1) is 11.5 Å². The number of hydrogen-bond acceptors (Lipinski definition) is 4. The van der Waals surface area contributed by atoms with E-state index >= 15 is 0 Å². The standard InChI is InChI=1S/C18H22N2O2S/c1-17(2,3)11-6-10(8-13-15(21)20-16(19)23-13)7-12-14(11)22-9-18(12,4)5/h6-8H,9H2,1-5H3,(H2,19,20,21)/b13-8-. The number of benzene rings is 1. The minimum absolute atomic E-state index is 0.0400. The van der Waals surface area contributed by atoms with Crippen LogP contribution in [0.2, 0.25) is 0 Å². The van der Waals surface area contributed by atoms with Crippen molar-refractivity contribution < 1.29 is 9.53 Å². The molecule has 0 unspecified atom stereocenters. The lowest BCUT2D eigenvalue weighted by Gasteiger charge is -2.23. The zero-order chi connectivity index (χ0) is 17.0. The van der Waals surface area contributed by atoms with Crippen molar-refractivity contribution in [3.8, 4) is 5.75 Å². The highest BCUT2D eigenvalue weighted by atomic mass is 32.2. The van der Waals surface area contributed by atoms with Crippen LogP contribution in [0.5, 0.6) is 5.75 Å². The fourth-order valence-electron chi connectivity index (χ4n) is 2.87. The lowest BCUT2D eigenvalue weighted by atomic mass is 9.79. The van der Waals surface area contributed by atoms with Crippen molar-refractivity contribution in [2.45, 2.75) is 45.4 Å². The van der Waals surface area contributed by atoms with E-state index < -0.39 is 0 Å². The van der Waals surface area contributed by atoms with E-state index in [0.29, 0.717) is 11.5 Å². The van der Waals surface area contributed by atoms with Gasteiger partial charge in [0, 0.05) is 16.5 Å². The molecule has 1 fully saturated rings. The molecule has 0 bridgehead atoms. The summed E-state index contributed by atoms with van der Waals surface area (Å²) in [4.78, 5) is 12.4. The maximum Gasteiger partial charge on any atom is 0.264 e. The highest BCUT2D eigenvalue weighted by molar-refractivity contribution is 8.18. The smallest absolute Gasteiger partial charge is 0.264 e. The van der Waals surface area contributed by atoms with Crippen LogP contribution in [0, 0.1) is 5.41 Å². The van der Waals surface area contributed by atoms with Crippen molar-refractivity contribution in [2.75, 3.05) is 6.61 Å². The van der Waals surface area contributed by atoms with Crippen LogP contribution >= 0.6 is 11.8 Å². The summed E-state index contributed by atoms with van der Waals surface area (Å²) in [5.74, 6) is 0.786. The number of amidine groups is 1. The van der Waals surface area contributed by atoms with Gasteiger partial charge in [-0.25, -0.2) is 0 Å². The van der Waals surface area contributed by atoms with Gasteiger partial charge in [-0.2, -0.15) is 0 Å². The van der Waals surface area contributed by atoms with Gasteiger partial charge >= 0.3 is 0 Å². The molecule has 0 aromatic heterocycles. The maximum absolute atomic E-state index is 11.9. The van der Waals surface area contributed by atoms with E-state index in [-0.39, 0.29) is 21.9 Å². The predicted octanol–water partition coefficient (Wildman–Crippen LogP) is 3.79. The molecule has 1 amide bonds. The lowest BCUT2D eigenvalue weighted by molar-refractivity contribution is -0.115. The molecule has 122 valence electrons. The second-order valence-electron chi connectivity index (χ2n) is 7.76. The summed E-state index contributed by atoms with van der Waals surface area (Å²) >= 11 is 1.17. The van der Waals surface area contributed by atoms with E-state index in [2.05, 4.69) is 52.1 Å². The van der Waals surface area contributed by atoms with Gasteiger partial charge in [0.2, 0.25) is 0 Å². The topological polar surface area (TPSA) is 62.2 Å². The Morgan fingerprint density at radius 2 is 2.04 bits per heavy atom. The fraction of sp³-hybridized carbons (Fsp3) is 0.444. The summed E-state index contributed by atoms with van der Waals surface area (Å²) < 4.78 is 6.00. The number of fused-ring (bicyclic) bond motifs is 1. The Bertz CT molecular complexity index is 742. The molecule has 4 nitrogen and oxygen atoms in total. The van der Waals surface area contributed by atoms with Gasteiger partial charge in [0.25, 0.3) is 5.91 Å². The van der Waals surface area contributed by atoms with Crippen molar-refractivity contribution in [3.63, 3.8) is 0 Å². The Morgan fingerprint density at radius 3 is 2.61 bits per heavy atom. The normalized spacial score (nSPS) is 21.3. The van der Waals surface area contributed by atoms with E-state index in [1.54, 1.807) is 0 Å². The largest absolute Gasteiger partial charge is 0.492 e. The summed E-state index contributed by atoms with van der Waals surface area (Å²) in [6.07, 6.45) is 1.87. The van der Waals surface area contributed by atoms with Gasteiger partial charge < -0.3 is 10.1 Å². The number of amides is 1. The zero-order valence-corrected chi connectivity index (χ0v) is 15.0. The Balaban J connectivity index is 2.15. The summed E-state index contributed by atoms with van der Waals surface area (Å²) in [7, 11) is 0. The number of thioether (sulfide) groups is 1. The lowest BCUT2D eigenvalue weighted by Crippen LogP contribution is -2.19. The summed E-state index contributed by atoms with van der Waals surface area (Å²) in [6, 6.07) is 4.21. The molecule has 2 aliphatic rings. The third kappa shape index (κ3) is 2.90. The number of ether oxygens (including phenoxy) is 1. The summed E-state index contributed by atoms with van der Waals surface area (Å²) in [6.45, 7) is 11.5. The van der Waals surface area contributed by atoms with Crippen molar-refractivity contribution in [1.82, 2.24) is 5.32 Å². The van der Waals surface area contributed by atoms with Gasteiger partial charge in [-0.3, -0.25) is 10.2 Å². The van der Waals surface area contributed by atoms with Crippen LogP contribution in [-0.2, 0) is 15.6 Å². The molecule has 3 rings (SSSR count). The predicted molar refractivity (Wildman–Crippen MR) is 95.1 cm³/mol. The van der Waals surface area contributed by atoms with Gasteiger partial charge in [0.15, 0.2) is 5.17 Å². The first-order valence-electron chi connectivity index (χ1n) is 7.69. The molecule has 1 aromatic carbocycles. The van der Waals surface area contributed by atoms with Crippen LogP contribution in [-0.4, -0.2) is 17.7 Å². The quantitative estimate of drug-likeness (QED) is 0.770. The number of carbonyl (C=O) groups excluding carboxylic acids is 1. The molecule has 1 aromatic rings. The van der Waals surface area contributed by atoms with E-state index in [9.17, 15) is 4.79 Å². The number of rotatable bonds is 1. The molecule has 23 heavy (non-hydrogen) atoms. The number of carbonyl (C=O) groups is 1. The van der Waals surface area contributed by atoms with Crippen LogP contribution in [0.4, 0.5) is 0 Å². The van der Waals surface area contributed by atoms with E-state index in [4.69, 9.17) is 10.1 Å². The second-order valence-corrected chi connectivity index (χ2v) is 8.81. The monoisotopic (exact) mass is 330 g/mol. The molecule has 0 radical (unpaired) electrons. The SMILES string of the molecule is CC(C)(C)c1cc(/C=C2\SC(=N)NC2=O)cc2c1OCC2(C)C. The average Bonchev–Trinajstić information content (AvgIpc) is 2.88. The highest BCUT2D eigenvalue weighted by Crippen LogP contribution is 2.45. The molecular weight excluding hydrogens is 308 g/mol. The van der Waals surface area contributed by atoms with Gasteiger partial charge in [-0.15, -0.1) is 0 Å². The zero-order valence-electron chi connectivity index (χ0n) is 14.2. The summed E-state index contributed by atoms with van der Waals surface area (Å²) in [5, 5.41) is 10.3. The second kappa shape index (κ2) is 5.13. The maximum atomic E-state index is 11.9. The van der Waals surface area contributed by atoms with Crippen LogP contribution in [0.15, 0.2) is 17.0 Å². The Hall–Kier alpha value is -1.75. The first kappa shape index (κ1) is 16.1. The Labute approximate surface area is 141 Å². The minimum Gasteiger partial charge on any atom is -0.492 e. The van der Waals surface area contributed by atoms with Gasteiger partial charge in [-0.05, 0) is 40.9 Å². The highest BCUT2D eigenvalue weighted by Gasteiger charge is 2.36. The Kier molecular flexibility index (Phi) is 3.59. The number of hydrogen-bond donors (Lipinski definition) is 2. The third-order valence-corrected chi connectivity index (χ3v) is 5.02. The summed E-state index contributed by atoms with van der Waals surface area (Å²) in [5.41, 5.74) is 3.25. The van der Waals surface area contributed by atoms with E-state index in [0.717, 1.165) is 16.9 Å². The number of nitrogens with one attached hydrogen (secondary N) is 2. The van der Waals surface area contributed by atoms with Crippen molar-refractivity contribution >= 4 is 28.9 Å². The molecule has 0 aliphatic carbocycles. The third-order valence-electron chi connectivity index (χ3n) is 4.19. The molecule has 1 saturated heterocycles. The molecule has 2 aliphatic heterocycles. The fourth-order valence-corrected chi connectivity index (χ4v) is 3.58. The van der Waals surface area contributed by atoms with Gasteiger partial charge in [-0.1, -0.05) is 34.6 Å². The first-order valence-corrected chi connectivity index (χ1v) is 8.51. The molecule has 2 N–H and O–H groups in total. The van der Waals surface area contributed by atoms with Crippen LogP contribution in [0.3, 0.4) is 0 Å². The molecule has 5 heteroatoms. The Morgan fingerprint density at radius 1 is 1.35 bits per heavy atom. The van der Waals surface area contributed by atoms with Crippen LogP contribution in [0.1, 0.15) is 51.3 Å². The van der Waals surface area contributed by atoms with Crippen molar-refractivity contribution in [2.24, 2.45) is 0 Å². The first-order chi connectivity index (χ1) is 10.6. The average molecular weight is 330 g/mol. The van der Waals surface area contributed by atoms with Gasteiger partial charge in [0.1, 0.15) is 5.75 Å². The van der Waals surface area contributed by atoms with Crippen LogP contribution in [0.25, 0.3) is 6.08 Å². The molecular formula is C18H22N2O2S. The molecule has 0 atom stereocenters. The van der Waals surface area contributed by atoms with Crippen molar-refractivity contribution in [1.29, 1.82) is 5.41 Å². The molecule has 2 heterocycles. The minimum atomic E-state index is -0.201.